The van der Waals surface area contributed by atoms with E-state index in [-0.39, 0.29) is 12.3 Å². The van der Waals surface area contributed by atoms with Crippen LogP contribution in [0.25, 0.3) is 11.3 Å². The van der Waals surface area contributed by atoms with Crippen molar-refractivity contribution in [1.82, 2.24) is 4.98 Å². The molecular formula is C26H29N3O4. The molecule has 4 rings (SSSR count). The van der Waals surface area contributed by atoms with E-state index in [1.165, 1.54) is 12.7 Å². The van der Waals surface area contributed by atoms with Crippen LogP contribution in [0.5, 0.6) is 11.5 Å². The molecule has 172 valence electrons. The summed E-state index contributed by atoms with van der Waals surface area (Å²) in [5.74, 6) is 0.586. The van der Waals surface area contributed by atoms with Gasteiger partial charge in [-0.15, -0.1) is 0 Å². The number of fused-ring (bicyclic) bond motifs is 1. The Morgan fingerprint density at radius 2 is 1.91 bits per heavy atom. The number of carbonyl (C=O) groups excluding carboxylic acids is 1. The van der Waals surface area contributed by atoms with E-state index < -0.39 is 5.97 Å². The summed E-state index contributed by atoms with van der Waals surface area (Å²) in [7, 11) is 5.30. The molecular weight excluding hydrogens is 418 g/mol. The normalized spacial score (nSPS) is 12.3. The average Bonchev–Trinajstić information content (AvgIpc) is 2.86. The van der Waals surface area contributed by atoms with Gasteiger partial charge >= 0.3 is 5.97 Å². The fourth-order valence-corrected chi connectivity index (χ4v) is 3.75. The maximum atomic E-state index is 12.4. The number of nitrogens with zero attached hydrogens (tertiary/aromatic N) is 2. The summed E-state index contributed by atoms with van der Waals surface area (Å²) in [5.41, 5.74) is 5.25. The SMILES string of the molecule is COC(=O)c1nc(-c2ccc3c(c2)NCCC3)ccc1OCCOc1cccc(N(C)C)c1. The van der Waals surface area contributed by atoms with Crippen molar-refractivity contribution < 1.29 is 19.0 Å². The monoisotopic (exact) mass is 447 g/mol. The number of pyridine rings is 1. The molecule has 1 aliphatic heterocycles. The summed E-state index contributed by atoms with van der Waals surface area (Å²) in [6, 6.07) is 17.7. The Labute approximate surface area is 194 Å². The van der Waals surface area contributed by atoms with Gasteiger partial charge in [0.05, 0.1) is 12.8 Å². The van der Waals surface area contributed by atoms with Crippen LogP contribution in [0.3, 0.4) is 0 Å². The zero-order valence-electron chi connectivity index (χ0n) is 19.3. The number of anilines is 2. The highest BCUT2D eigenvalue weighted by Crippen LogP contribution is 2.30. The van der Waals surface area contributed by atoms with Gasteiger partial charge in [-0.25, -0.2) is 9.78 Å². The molecule has 1 N–H and O–H groups in total. The highest BCUT2D eigenvalue weighted by molar-refractivity contribution is 5.91. The molecule has 33 heavy (non-hydrogen) atoms. The second kappa shape index (κ2) is 10.3. The molecule has 0 bridgehead atoms. The molecule has 0 saturated carbocycles. The van der Waals surface area contributed by atoms with E-state index in [0.29, 0.717) is 18.1 Å². The van der Waals surface area contributed by atoms with Gasteiger partial charge in [-0.05, 0) is 48.7 Å². The van der Waals surface area contributed by atoms with Crippen molar-refractivity contribution in [3.8, 4) is 22.8 Å². The molecule has 0 aliphatic carbocycles. The fourth-order valence-electron chi connectivity index (χ4n) is 3.75. The van der Waals surface area contributed by atoms with Gasteiger partial charge in [-0.2, -0.15) is 0 Å². The number of aromatic nitrogens is 1. The van der Waals surface area contributed by atoms with Gasteiger partial charge in [-0.1, -0.05) is 18.2 Å². The zero-order chi connectivity index (χ0) is 23.2. The molecule has 0 spiro atoms. The predicted molar refractivity (Wildman–Crippen MR) is 130 cm³/mol. The van der Waals surface area contributed by atoms with Crippen molar-refractivity contribution in [2.45, 2.75) is 12.8 Å². The molecule has 0 fully saturated rings. The van der Waals surface area contributed by atoms with Gasteiger partial charge in [0.2, 0.25) is 0 Å². The number of hydrogen-bond donors (Lipinski definition) is 1. The van der Waals surface area contributed by atoms with Crippen LogP contribution < -0.4 is 19.7 Å². The second-order valence-corrected chi connectivity index (χ2v) is 8.03. The summed E-state index contributed by atoms with van der Waals surface area (Å²) in [6.07, 6.45) is 2.20. The first-order valence-electron chi connectivity index (χ1n) is 11.0. The van der Waals surface area contributed by atoms with E-state index in [1.54, 1.807) is 6.07 Å². The first-order chi connectivity index (χ1) is 16.0. The van der Waals surface area contributed by atoms with Gasteiger partial charge in [0.15, 0.2) is 11.4 Å². The lowest BCUT2D eigenvalue weighted by Gasteiger charge is -2.19. The molecule has 0 radical (unpaired) electrons. The van der Waals surface area contributed by atoms with Crippen LogP contribution in [0, 0.1) is 0 Å². The van der Waals surface area contributed by atoms with E-state index >= 15 is 0 Å². The Morgan fingerprint density at radius 3 is 2.73 bits per heavy atom. The molecule has 7 nitrogen and oxygen atoms in total. The molecule has 2 heterocycles. The van der Waals surface area contributed by atoms with Crippen LogP contribution in [-0.2, 0) is 11.2 Å². The van der Waals surface area contributed by atoms with Crippen molar-refractivity contribution in [3.05, 3.63) is 65.9 Å². The molecule has 0 atom stereocenters. The smallest absolute Gasteiger partial charge is 0.360 e. The molecule has 7 heteroatoms. The van der Waals surface area contributed by atoms with Crippen LogP contribution in [-0.4, -0.2) is 51.9 Å². The number of esters is 1. The summed E-state index contributed by atoms with van der Waals surface area (Å²) in [4.78, 5) is 19.0. The number of rotatable bonds is 8. The number of benzene rings is 2. The number of methoxy groups -OCH3 is 1. The van der Waals surface area contributed by atoms with Crippen LogP contribution in [0.1, 0.15) is 22.5 Å². The Bertz CT molecular complexity index is 1130. The lowest BCUT2D eigenvalue weighted by Crippen LogP contribution is -2.14. The Hall–Kier alpha value is -3.74. The molecule has 3 aromatic rings. The third-order valence-corrected chi connectivity index (χ3v) is 5.52. The maximum absolute atomic E-state index is 12.4. The molecule has 0 saturated heterocycles. The van der Waals surface area contributed by atoms with Gasteiger partial charge in [0.25, 0.3) is 0 Å². The highest BCUT2D eigenvalue weighted by atomic mass is 16.5. The minimum atomic E-state index is -0.539. The zero-order valence-corrected chi connectivity index (χ0v) is 19.3. The first-order valence-corrected chi connectivity index (χ1v) is 11.0. The van der Waals surface area contributed by atoms with E-state index in [2.05, 4.69) is 22.4 Å². The number of ether oxygens (including phenoxy) is 3. The number of nitrogens with one attached hydrogen (secondary N) is 1. The molecule has 0 amide bonds. The third-order valence-electron chi connectivity index (χ3n) is 5.52. The maximum Gasteiger partial charge on any atom is 0.360 e. The highest BCUT2D eigenvalue weighted by Gasteiger charge is 2.18. The minimum Gasteiger partial charge on any atom is -0.490 e. The van der Waals surface area contributed by atoms with Crippen LogP contribution in [0.15, 0.2) is 54.6 Å². The van der Waals surface area contributed by atoms with Gasteiger partial charge in [0, 0.05) is 43.6 Å². The lowest BCUT2D eigenvalue weighted by molar-refractivity contribution is 0.0588. The largest absolute Gasteiger partial charge is 0.490 e. The minimum absolute atomic E-state index is 0.148. The summed E-state index contributed by atoms with van der Waals surface area (Å²) >= 11 is 0. The topological polar surface area (TPSA) is 72.9 Å². The number of hydrogen-bond acceptors (Lipinski definition) is 7. The first kappa shape index (κ1) is 22.5. The molecule has 1 aromatic heterocycles. The van der Waals surface area contributed by atoms with Crippen LogP contribution in [0.2, 0.25) is 0 Å². The Morgan fingerprint density at radius 1 is 1.06 bits per heavy atom. The van der Waals surface area contributed by atoms with Crippen molar-refractivity contribution in [2.75, 3.05) is 51.2 Å². The lowest BCUT2D eigenvalue weighted by atomic mass is 10.00. The number of carbonyl (C=O) groups is 1. The van der Waals surface area contributed by atoms with Gasteiger partial charge < -0.3 is 24.4 Å². The molecule has 1 aliphatic rings. The third kappa shape index (κ3) is 5.37. The predicted octanol–water partition coefficient (Wildman–Crippen LogP) is 4.42. The summed E-state index contributed by atoms with van der Waals surface area (Å²) in [5, 5.41) is 3.43. The van der Waals surface area contributed by atoms with Crippen molar-refractivity contribution in [2.24, 2.45) is 0 Å². The average molecular weight is 448 g/mol. The number of aryl methyl sites for hydroxylation is 1. The fraction of sp³-hybridized carbons (Fsp3) is 0.308. The standard InChI is InChI=1S/C26H29N3O4/c1-29(2)20-7-4-8-21(17-20)32-14-15-33-24-12-11-22(28-25(24)26(30)31-3)19-10-9-18-6-5-13-27-23(18)16-19/h4,7-12,16-17,27H,5-6,13-15H2,1-3H3. The molecule has 2 aromatic carbocycles. The van der Waals surface area contributed by atoms with Crippen molar-refractivity contribution in [1.29, 1.82) is 0 Å². The van der Waals surface area contributed by atoms with E-state index in [1.807, 2.05) is 55.4 Å². The van der Waals surface area contributed by atoms with Crippen LogP contribution >= 0.6 is 0 Å². The quantitative estimate of drug-likeness (QED) is 0.405. The van der Waals surface area contributed by atoms with Crippen molar-refractivity contribution >= 4 is 17.3 Å². The van der Waals surface area contributed by atoms with E-state index in [9.17, 15) is 4.79 Å². The van der Waals surface area contributed by atoms with Crippen LogP contribution in [0.4, 0.5) is 11.4 Å². The summed E-state index contributed by atoms with van der Waals surface area (Å²) in [6.45, 7) is 1.56. The van der Waals surface area contributed by atoms with E-state index in [0.717, 1.165) is 42.1 Å². The van der Waals surface area contributed by atoms with Gasteiger partial charge in [-0.3, -0.25) is 0 Å². The molecule has 0 unspecified atom stereocenters. The Kier molecular flexibility index (Phi) is 6.98. The Balaban J connectivity index is 1.46. The van der Waals surface area contributed by atoms with E-state index in [4.69, 9.17) is 14.2 Å². The van der Waals surface area contributed by atoms with Gasteiger partial charge in [0.1, 0.15) is 19.0 Å². The summed E-state index contributed by atoms with van der Waals surface area (Å²) < 4.78 is 16.6. The second-order valence-electron chi connectivity index (χ2n) is 8.03. The van der Waals surface area contributed by atoms with Crippen molar-refractivity contribution in [3.63, 3.8) is 0 Å².